The second-order valence-electron chi connectivity index (χ2n) is 5.83. The van der Waals surface area contributed by atoms with Gasteiger partial charge in [-0.3, -0.25) is 0 Å². The lowest BCUT2D eigenvalue weighted by molar-refractivity contribution is -0.186. The molecule has 1 aromatic rings. The van der Waals surface area contributed by atoms with E-state index >= 15 is 0 Å². The molecule has 1 heterocycles. The maximum atomic E-state index is 12.2. The first-order valence-electron chi connectivity index (χ1n) is 7.56. The molecule has 1 aliphatic carbocycles. The van der Waals surface area contributed by atoms with Crippen molar-refractivity contribution in [3.8, 4) is 0 Å². The summed E-state index contributed by atoms with van der Waals surface area (Å²) in [5, 5.41) is 0.393. The summed E-state index contributed by atoms with van der Waals surface area (Å²) in [4.78, 5) is 0.159. The first kappa shape index (κ1) is 16.2. The van der Waals surface area contributed by atoms with E-state index in [0.29, 0.717) is 11.6 Å². The summed E-state index contributed by atoms with van der Waals surface area (Å²) in [5.74, 6) is -0.482. The Morgan fingerprint density at radius 3 is 2.77 bits per heavy atom. The second kappa shape index (κ2) is 6.45. The molecule has 1 aromatic carbocycles. The largest absolute Gasteiger partial charge is 0.347 e. The Labute approximate surface area is 136 Å². The highest BCUT2D eigenvalue weighted by atomic mass is 35.5. The highest BCUT2D eigenvalue weighted by Gasteiger charge is 2.42. The van der Waals surface area contributed by atoms with Crippen molar-refractivity contribution < 1.29 is 17.9 Å². The fourth-order valence-corrected chi connectivity index (χ4v) is 4.36. The van der Waals surface area contributed by atoms with Crippen molar-refractivity contribution in [1.29, 1.82) is 0 Å². The molecule has 1 aliphatic heterocycles. The van der Waals surface area contributed by atoms with E-state index < -0.39 is 15.8 Å². The quantitative estimate of drug-likeness (QED) is 0.911. The topological polar surface area (TPSA) is 64.6 Å². The number of hydrogen-bond acceptors (Lipinski definition) is 4. The molecular formula is C15H20ClNO4S. The number of nitrogens with one attached hydrogen (secondary N) is 1. The van der Waals surface area contributed by atoms with Crippen LogP contribution in [-0.2, 0) is 19.5 Å². The van der Waals surface area contributed by atoms with Crippen LogP contribution in [0.15, 0.2) is 29.2 Å². The molecule has 7 heteroatoms. The number of benzene rings is 1. The number of ether oxygens (including phenoxy) is 2. The van der Waals surface area contributed by atoms with E-state index in [1.54, 1.807) is 12.1 Å². The molecule has 5 nitrogen and oxygen atoms in total. The molecule has 1 atom stereocenters. The Morgan fingerprint density at radius 2 is 2.05 bits per heavy atom. The van der Waals surface area contributed by atoms with Gasteiger partial charge in [-0.25, -0.2) is 13.1 Å². The zero-order valence-corrected chi connectivity index (χ0v) is 13.8. The maximum Gasteiger partial charge on any atom is 0.240 e. The number of halogens is 1. The lowest BCUT2D eigenvalue weighted by atomic mass is 9.94. The molecule has 1 spiro atoms. The van der Waals surface area contributed by atoms with Crippen LogP contribution in [0.4, 0.5) is 0 Å². The Morgan fingerprint density at radius 1 is 1.27 bits per heavy atom. The van der Waals surface area contributed by atoms with E-state index in [-0.39, 0.29) is 17.5 Å². The Bertz CT molecular complexity index is 628. The molecule has 1 saturated carbocycles. The van der Waals surface area contributed by atoms with Crippen molar-refractivity contribution in [3.05, 3.63) is 29.3 Å². The summed E-state index contributed by atoms with van der Waals surface area (Å²) in [6, 6.07) is 6.20. The van der Waals surface area contributed by atoms with Gasteiger partial charge < -0.3 is 9.47 Å². The maximum absolute atomic E-state index is 12.2. The van der Waals surface area contributed by atoms with Crippen molar-refractivity contribution >= 4 is 21.6 Å². The third kappa shape index (κ3) is 3.63. The predicted octanol–water partition coefficient (Wildman–Crippen LogP) is 2.69. The third-order valence-corrected chi connectivity index (χ3v) is 5.79. The molecular weight excluding hydrogens is 326 g/mol. The second-order valence-corrected chi connectivity index (χ2v) is 8.03. The molecule has 0 unspecified atom stereocenters. The molecule has 2 aliphatic rings. The summed E-state index contributed by atoms with van der Waals surface area (Å²) in [7, 11) is -3.58. The highest BCUT2D eigenvalue weighted by molar-refractivity contribution is 7.89. The summed E-state index contributed by atoms with van der Waals surface area (Å²) in [5.41, 5.74) is 0. The average Bonchev–Trinajstić information content (AvgIpc) is 2.89. The zero-order valence-electron chi connectivity index (χ0n) is 12.3. The molecule has 1 N–H and O–H groups in total. The van der Waals surface area contributed by atoms with E-state index in [9.17, 15) is 8.42 Å². The van der Waals surface area contributed by atoms with Crippen molar-refractivity contribution in [2.45, 2.75) is 48.9 Å². The summed E-state index contributed by atoms with van der Waals surface area (Å²) in [6.45, 7) is 0.634. The van der Waals surface area contributed by atoms with Crippen LogP contribution >= 0.6 is 11.6 Å². The first-order valence-corrected chi connectivity index (χ1v) is 9.42. The van der Waals surface area contributed by atoms with Crippen LogP contribution in [0.1, 0.15) is 32.1 Å². The Balaban J connectivity index is 1.58. The van der Waals surface area contributed by atoms with Gasteiger partial charge in [0, 0.05) is 24.4 Å². The molecule has 0 aromatic heterocycles. The van der Waals surface area contributed by atoms with Gasteiger partial charge >= 0.3 is 0 Å². The minimum absolute atomic E-state index is 0.159. The van der Waals surface area contributed by atoms with Gasteiger partial charge in [0.1, 0.15) is 0 Å². The fraction of sp³-hybridized carbons (Fsp3) is 0.600. The fourth-order valence-electron chi connectivity index (χ4n) is 2.99. The van der Waals surface area contributed by atoms with Gasteiger partial charge in [0.05, 0.1) is 17.6 Å². The van der Waals surface area contributed by atoms with Crippen LogP contribution in [0, 0.1) is 0 Å². The SMILES string of the molecule is O=S(=O)(NC[C@@H]1COC2(CCCCC2)O1)c1cccc(Cl)c1. The minimum atomic E-state index is -3.58. The van der Waals surface area contributed by atoms with Gasteiger partial charge in [-0.05, 0) is 31.0 Å². The van der Waals surface area contributed by atoms with Crippen LogP contribution in [0.2, 0.25) is 5.02 Å². The van der Waals surface area contributed by atoms with Gasteiger partial charge in [0.2, 0.25) is 10.0 Å². The predicted molar refractivity (Wildman–Crippen MR) is 83.3 cm³/mol. The molecule has 0 amide bonds. The number of rotatable bonds is 4. The van der Waals surface area contributed by atoms with Crippen LogP contribution in [0.25, 0.3) is 0 Å². The van der Waals surface area contributed by atoms with E-state index in [1.165, 1.54) is 18.6 Å². The minimum Gasteiger partial charge on any atom is -0.347 e. The standard InChI is InChI=1S/C15H20ClNO4S/c16-12-5-4-6-14(9-12)22(18,19)17-10-13-11-20-15(21-13)7-2-1-3-8-15/h4-6,9,13,17H,1-3,7-8,10-11H2/t13-/m1/s1. The van der Waals surface area contributed by atoms with E-state index in [1.807, 2.05) is 0 Å². The van der Waals surface area contributed by atoms with Crippen LogP contribution < -0.4 is 4.72 Å². The monoisotopic (exact) mass is 345 g/mol. The average molecular weight is 346 g/mol. The zero-order chi connectivity index (χ0) is 15.6. The van der Waals surface area contributed by atoms with Gasteiger partial charge in [-0.15, -0.1) is 0 Å². The molecule has 3 rings (SSSR count). The lowest BCUT2D eigenvalue weighted by Crippen LogP contribution is -2.37. The van der Waals surface area contributed by atoms with E-state index in [4.69, 9.17) is 21.1 Å². The van der Waals surface area contributed by atoms with Gasteiger partial charge in [0.25, 0.3) is 0 Å². The van der Waals surface area contributed by atoms with Gasteiger partial charge in [-0.1, -0.05) is 24.1 Å². The van der Waals surface area contributed by atoms with E-state index in [2.05, 4.69) is 4.72 Å². The molecule has 0 radical (unpaired) electrons. The van der Waals surface area contributed by atoms with Crippen LogP contribution in [-0.4, -0.2) is 33.5 Å². The molecule has 22 heavy (non-hydrogen) atoms. The summed E-state index contributed by atoms with van der Waals surface area (Å²) in [6.07, 6.45) is 4.95. The molecule has 1 saturated heterocycles. The third-order valence-electron chi connectivity index (χ3n) is 4.14. The van der Waals surface area contributed by atoms with Crippen molar-refractivity contribution in [2.24, 2.45) is 0 Å². The normalized spacial score (nSPS) is 24.7. The van der Waals surface area contributed by atoms with Gasteiger partial charge in [0.15, 0.2) is 5.79 Å². The Hall–Kier alpha value is -0.660. The number of hydrogen-bond donors (Lipinski definition) is 1. The van der Waals surface area contributed by atoms with Crippen molar-refractivity contribution in [3.63, 3.8) is 0 Å². The smallest absolute Gasteiger partial charge is 0.240 e. The summed E-state index contributed by atoms with van der Waals surface area (Å²) >= 11 is 5.84. The van der Waals surface area contributed by atoms with Crippen LogP contribution in [0.3, 0.4) is 0 Å². The first-order chi connectivity index (χ1) is 10.5. The van der Waals surface area contributed by atoms with Gasteiger partial charge in [-0.2, -0.15) is 0 Å². The van der Waals surface area contributed by atoms with Crippen LogP contribution in [0.5, 0.6) is 0 Å². The lowest BCUT2D eigenvalue weighted by Gasteiger charge is -2.31. The summed E-state index contributed by atoms with van der Waals surface area (Å²) < 4.78 is 38.8. The van der Waals surface area contributed by atoms with Crippen molar-refractivity contribution in [1.82, 2.24) is 4.72 Å². The van der Waals surface area contributed by atoms with Crippen molar-refractivity contribution in [2.75, 3.05) is 13.2 Å². The highest BCUT2D eigenvalue weighted by Crippen LogP contribution is 2.37. The molecule has 2 fully saturated rings. The molecule has 122 valence electrons. The Kier molecular flexibility index (Phi) is 4.75. The number of sulfonamides is 1. The van der Waals surface area contributed by atoms with E-state index in [0.717, 1.165) is 25.7 Å². The molecule has 0 bridgehead atoms.